The SMILES string of the molecule is CCC(CC)C(Cl)CNS(=O)(=O)CC(C)c1ccccc1. The van der Waals surface area contributed by atoms with Gasteiger partial charge in [0.1, 0.15) is 0 Å². The maximum atomic E-state index is 12.1. The number of rotatable bonds is 9. The first-order chi connectivity index (χ1) is 9.89. The number of hydrogen-bond donors (Lipinski definition) is 1. The maximum Gasteiger partial charge on any atom is 0.212 e. The van der Waals surface area contributed by atoms with Gasteiger partial charge in [-0.1, -0.05) is 63.9 Å². The monoisotopic (exact) mass is 331 g/mol. The van der Waals surface area contributed by atoms with Gasteiger partial charge in [-0.3, -0.25) is 0 Å². The fraction of sp³-hybridized carbons (Fsp3) is 0.625. The van der Waals surface area contributed by atoms with E-state index in [1.165, 1.54) is 0 Å². The van der Waals surface area contributed by atoms with Gasteiger partial charge in [0.05, 0.1) is 5.75 Å². The number of sulfonamides is 1. The molecule has 0 fully saturated rings. The summed E-state index contributed by atoms with van der Waals surface area (Å²) in [5.74, 6) is 0.398. The Morgan fingerprint density at radius 3 is 2.24 bits per heavy atom. The van der Waals surface area contributed by atoms with Crippen molar-refractivity contribution in [3.63, 3.8) is 0 Å². The highest BCUT2D eigenvalue weighted by Gasteiger charge is 2.21. The molecule has 3 nitrogen and oxygen atoms in total. The average molecular weight is 332 g/mol. The zero-order valence-electron chi connectivity index (χ0n) is 13.0. The lowest BCUT2D eigenvalue weighted by atomic mass is 9.99. The molecule has 120 valence electrons. The second-order valence-corrected chi connectivity index (χ2v) is 7.95. The standard InChI is InChI=1S/C16H26ClNO2S/c1-4-14(5-2)16(17)11-18-21(19,20)12-13(3)15-9-7-6-8-10-15/h6-10,13-14,16,18H,4-5,11-12H2,1-3H3. The lowest BCUT2D eigenvalue weighted by Gasteiger charge is -2.20. The summed E-state index contributed by atoms with van der Waals surface area (Å²) in [5.41, 5.74) is 1.03. The average Bonchev–Trinajstić information content (AvgIpc) is 2.47. The molecule has 1 rings (SSSR count). The molecule has 0 spiro atoms. The van der Waals surface area contributed by atoms with Crippen LogP contribution in [0.15, 0.2) is 30.3 Å². The lowest BCUT2D eigenvalue weighted by molar-refractivity contribution is 0.460. The van der Waals surface area contributed by atoms with E-state index in [0.717, 1.165) is 18.4 Å². The Kier molecular flexibility index (Phi) is 7.71. The minimum Gasteiger partial charge on any atom is -0.214 e. The third-order valence-electron chi connectivity index (χ3n) is 3.90. The van der Waals surface area contributed by atoms with Crippen LogP contribution >= 0.6 is 11.6 Å². The number of benzene rings is 1. The summed E-state index contributed by atoms with van der Waals surface area (Å²) in [6.45, 7) is 6.39. The first kappa shape index (κ1) is 18.5. The summed E-state index contributed by atoms with van der Waals surface area (Å²) in [5, 5.41) is -0.151. The van der Waals surface area contributed by atoms with Crippen LogP contribution < -0.4 is 4.72 Å². The van der Waals surface area contributed by atoms with Crippen molar-refractivity contribution in [3.8, 4) is 0 Å². The Balaban J connectivity index is 2.54. The molecule has 0 aliphatic carbocycles. The van der Waals surface area contributed by atoms with E-state index in [1.54, 1.807) is 0 Å². The van der Waals surface area contributed by atoms with Crippen LogP contribution in [0.3, 0.4) is 0 Å². The van der Waals surface area contributed by atoms with E-state index >= 15 is 0 Å². The zero-order valence-corrected chi connectivity index (χ0v) is 14.6. The lowest BCUT2D eigenvalue weighted by Crippen LogP contribution is -2.35. The van der Waals surface area contributed by atoms with E-state index in [0.29, 0.717) is 12.5 Å². The summed E-state index contributed by atoms with van der Waals surface area (Å²) >= 11 is 6.28. The highest BCUT2D eigenvalue weighted by molar-refractivity contribution is 7.89. The maximum absolute atomic E-state index is 12.1. The molecule has 1 aromatic carbocycles. The summed E-state index contributed by atoms with van der Waals surface area (Å²) < 4.78 is 26.9. The van der Waals surface area contributed by atoms with Crippen LogP contribution in [0.2, 0.25) is 0 Å². The van der Waals surface area contributed by atoms with E-state index < -0.39 is 10.0 Å². The molecule has 0 bridgehead atoms. The van der Waals surface area contributed by atoms with Gasteiger partial charge in [-0.05, 0) is 17.4 Å². The van der Waals surface area contributed by atoms with Crippen LogP contribution in [0.1, 0.15) is 45.1 Å². The van der Waals surface area contributed by atoms with E-state index in [4.69, 9.17) is 11.6 Å². The molecule has 0 aliphatic rings. The summed E-state index contributed by atoms with van der Waals surface area (Å²) in [6.07, 6.45) is 1.93. The molecule has 0 saturated heterocycles. The van der Waals surface area contributed by atoms with Crippen LogP contribution in [0, 0.1) is 5.92 Å². The molecule has 0 amide bonds. The third-order valence-corrected chi connectivity index (χ3v) is 5.95. The molecule has 0 radical (unpaired) electrons. The smallest absolute Gasteiger partial charge is 0.212 e. The molecule has 0 heterocycles. The number of alkyl halides is 1. The fourth-order valence-corrected chi connectivity index (χ4v) is 4.37. The zero-order chi connectivity index (χ0) is 15.9. The van der Waals surface area contributed by atoms with Crippen molar-refractivity contribution in [2.24, 2.45) is 5.92 Å². The Morgan fingerprint density at radius 2 is 1.71 bits per heavy atom. The van der Waals surface area contributed by atoms with E-state index in [-0.39, 0.29) is 17.0 Å². The first-order valence-corrected chi connectivity index (χ1v) is 9.64. The predicted octanol–water partition coefficient (Wildman–Crippen LogP) is 3.75. The molecule has 0 aliphatic heterocycles. The third kappa shape index (κ3) is 6.37. The molecule has 2 atom stereocenters. The summed E-state index contributed by atoms with van der Waals surface area (Å²) in [7, 11) is -3.31. The Labute approximate surface area is 134 Å². The van der Waals surface area contributed by atoms with E-state index in [1.807, 2.05) is 37.3 Å². The van der Waals surface area contributed by atoms with Crippen molar-refractivity contribution in [3.05, 3.63) is 35.9 Å². The highest BCUT2D eigenvalue weighted by atomic mass is 35.5. The van der Waals surface area contributed by atoms with Crippen LogP contribution in [-0.2, 0) is 10.0 Å². The van der Waals surface area contributed by atoms with E-state index in [2.05, 4.69) is 18.6 Å². The normalized spacial score (nSPS) is 15.1. The molecule has 1 aromatic rings. The number of nitrogens with one attached hydrogen (secondary N) is 1. The topological polar surface area (TPSA) is 46.2 Å². The van der Waals surface area contributed by atoms with E-state index in [9.17, 15) is 8.42 Å². The summed E-state index contributed by atoms with van der Waals surface area (Å²) in [4.78, 5) is 0. The first-order valence-electron chi connectivity index (χ1n) is 7.56. The highest BCUT2D eigenvalue weighted by Crippen LogP contribution is 2.19. The van der Waals surface area contributed by atoms with Gasteiger partial charge in [0, 0.05) is 11.9 Å². The van der Waals surface area contributed by atoms with Gasteiger partial charge in [-0.15, -0.1) is 11.6 Å². The molecule has 21 heavy (non-hydrogen) atoms. The molecule has 1 N–H and O–H groups in total. The van der Waals surface area contributed by atoms with Crippen molar-refractivity contribution < 1.29 is 8.42 Å². The Hall–Kier alpha value is -0.580. The number of halogens is 1. The molecule has 5 heteroatoms. The molecule has 2 unspecified atom stereocenters. The molecular weight excluding hydrogens is 306 g/mol. The quantitative estimate of drug-likeness (QED) is 0.700. The van der Waals surface area contributed by atoms with Crippen LogP contribution in [-0.4, -0.2) is 26.1 Å². The van der Waals surface area contributed by atoms with Crippen molar-refractivity contribution >= 4 is 21.6 Å². The Bertz CT molecular complexity index is 500. The van der Waals surface area contributed by atoms with Crippen LogP contribution in [0.5, 0.6) is 0 Å². The van der Waals surface area contributed by atoms with Gasteiger partial charge in [-0.25, -0.2) is 13.1 Å². The predicted molar refractivity (Wildman–Crippen MR) is 90.4 cm³/mol. The van der Waals surface area contributed by atoms with Gasteiger partial charge in [0.25, 0.3) is 0 Å². The van der Waals surface area contributed by atoms with Gasteiger partial charge in [-0.2, -0.15) is 0 Å². The molecule has 0 saturated carbocycles. The van der Waals surface area contributed by atoms with Crippen molar-refractivity contribution in [2.45, 2.75) is 44.9 Å². The number of hydrogen-bond acceptors (Lipinski definition) is 2. The van der Waals surface area contributed by atoms with Crippen molar-refractivity contribution in [1.82, 2.24) is 4.72 Å². The van der Waals surface area contributed by atoms with Gasteiger partial charge in [0.2, 0.25) is 10.0 Å². The summed E-state index contributed by atoms with van der Waals surface area (Å²) in [6, 6.07) is 9.68. The van der Waals surface area contributed by atoms with Crippen molar-refractivity contribution in [2.75, 3.05) is 12.3 Å². The van der Waals surface area contributed by atoms with Gasteiger partial charge in [0.15, 0.2) is 0 Å². The molecular formula is C16H26ClNO2S. The minimum atomic E-state index is -3.31. The largest absolute Gasteiger partial charge is 0.214 e. The minimum absolute atomic E-state index is 0.0365. The second kappa shape index (κ2) is 8.76. The second-order valence-electron chi connectivity index (χ2n) is 5.53. The van der Waals surface area contributed by atoms with Gasteiger partial charge >= 0.3 is 0 Å². The molecule has 0 aromatic heterocycles. The van der Waals surface area contributed by atoms with Crippen molar-refractivity contribution in [1.29, 1.82) is 0 Å². The van der Waals surface area contributed by atoms with Crippen LogP contribution in [0.4, 0.5) is 0 Å². The van der Waals surface area contributed by atoms with Crippen LogP contribution in [0.25, 0.3) is 0 Å². The fourth-order valence-electron chi connectivity index (χ4n) is 2.44. The Morgan fingerprint density at radius 1 is 1.14 bits per heavy atom. The van der Waals surface area contributed by atoms with Gasteiger partial charge < -0.3 is 0 Å².